The quantitative estimate of drug-likeness (QED) is 0.813. The fourth-order valence-electron chi connectivity index (χ4n) is 4.85. The number of likely N-dealkylation sites (tertiary alicyclic amines) is 2. The van der Waals surface area contributed by atoms with Gasteiger partial charge in [-0.1, -0.05) is 30.3 Å². The van der Waals surface area contributed by atoms with E-state index in [0.29, 0.717) is 18.9 Å². The first kappa shape index (κ1) is 17.5. The fraction of sp³-hybridized carbons (Fsp3) is 0.619. The molecule has 2 amide bonds. The highest BCUT2D eigenvalue weighted by molar-refractivity contribution is 5.82. The van der Waals surface area contributed by atoms with Crippen molar-refractivity contribution in [3.05, 3.63) is 35.9 Å². The molecule has 26 heavy (non-hydrogen) atoms. The third-order valence-electron chi connectivity index (χ3n) is 6.47. The molecule has 2 aliphatic heterocycles. The van der Waals surface area contributed by atoms with Crippen LogP contribution in [-0.4, -0.2) is 61.0 Å². The average molecular weight is 356 g/mol. The van der Waals surface area contributed by atoms with E-state index >= 15 is 0 Å². The van der Waals surface area contributed by atoms with E-state index < -0.39 is 0 Å². The number of amides is 2. The lowest BCUT2D eigenvalue weighted by atomic mass is 9.71. The number of methoxy groups -OCH3 is 1. The van der Waals surface area contributed by atoms with Crippen LogP contribution in [0.1, 0.15) is 37.7 Å². The Morgan fingerprint density at radius 1 is 1.19 bits per heavy atom. The Morgan fingerprint density at radius 3 is 2.62 bits per heavy atom. The predicted octanol–water partition coefficient (Wildman–Crippen LogP) is 2.20. The Labute approximate surface area is 155 Å². The molecular weight excluding hydrogens is 328 g/mol. The summed E-state index contributed by atoms with van der Waals surface area (Å²) in [5.74, 6) is 0.895. The van der Waals surface area contributed by atoms with Gasteiger partial charge in [0.15, 0.2) is 0 Å². The molecule has 4 rings (SSSR count). The highest BCUT2D eigenvalue weighted by Gasteiger charge is 2.52. The smallest absolute Gasteiger partial charge is 0.248 e. The first-order valence-electron chi connectivity index (χ1n) is 9.76. The summed E-state index contributed by atoms with van der Waals surface area (Å²) in [5, 5.41) is 0. The number of fused-ring (bicyclic) bond motifs is 1. The number of ether oxygens (including phenoxy) is 1. The van der Waals surface area contributed by atoms with Crippen LogP contribution in [-0.2, 0) is 19.7 Å². The van der Waals surface area contributed by atoms with Crippen molar-refractivity contribution in [2.45, 2.75) is 43.6 Å². The van der Waals surface area contributed by atoms with Crippen molar-refractivity contribution in [3.8, 4) is 0 Å². The molecule has 3 fully saturated rings. The van der Waals surface area contributed by atoms with E-state index in [1.807, 2.05) is 11.0 Å². The molecule has 140 valence electrons. The van der Waals surface area contributed by atoms with Gasteiger partial charge in [0, 0.05) is 38.6 Å². The van der Waals surface area contributed by atoms with Crippen molar-refractivity contribution in [2.75, 3.05) is 33.4 Å². The van der Waals surface area contributed by atoms with E-state index in [9.17, 15) is 9.59 Å². The Kier molecular flexibility index (Phi) is 4.74. The monoisotopic (exact) mass is 356 g/mol. The molecule has 3 aliphatic rings. The second kappa shape index (κ2) is 7.03. The molecule has 0 aromatic heterocycles. The van der Waals surface area contributed by atoms with E-state index in [1.54, 1.807) is 7.11 Å². The predicted molar refractivity (Wildman–Crippen MR) is 98.7 cm³/mol. The number of benzene rings is 1. The number of carbonyl (C=O) groups excluding carboxylic acids is 2. The maximum atomic E-state index is 13.0. The van der Waals surface area contributed by atoms with E-state index in [4.69, 9.17) is 4.74 Å². The van der Waals surface area contributed by atoms with Gasteiger partial charge in [0.2, 0.25) is 11.8 Å². The molecule has 0 unspecified atom stereocenters. The minimum Gasteiger partial charge on any atom is -0.375 e. The van der Waals surface area contributed by atoms with Gasteiger partial charge in [-0.2, -0.15) is 0 Å². The van der Waals surface area contributed by atoms with Crippen molar-refractivity contribution in [3.63, 3.8) is 0 Å². The molecule has 0 radical (unpaired) electrons. The number of rotatable bonds is 5. The van der Waals surface area contributed by atoms with Gasteiger partial charge in [-0.05, 0) is 37.2 Å². The van der Waals surface area contributed by atoms with Crippen molar-refractivity contribution >= 4 is 11.8 Å². The van der Waals surface area contributed by atoms with Crippen LogP contribution in [0.15, 0.2) is 30.3 Å². The number of hydrogen-bond donors (Lipinski definition) is 0. The molecular formula is C21H28N2O3. The van der Waals surface area contributed by atoms with Crippen LogP contribution in [0, 0.1) is 5.92 Å². The number of nitrogens with zero attached hydrogens (tertiary/aromatic N) is 2. The maximum Gasteiger partial charge on any atom is 0.248 e. The Balaban J connectivity index is 1.66. The van der Waals surface area contributed by atoms with Gasteiger partial charge in [-0.25, -0.2) is 0 Å². The maximum absolute atomic E-state index is 13.0. The standard InChI is InChI=1S/C21H28N2O3/c1-26-15-20(25)23-12-10-21(17-5-3-2-4-6-17)9-11-22(14-16-7-8-16)19(24)13-18(21)23/h2-6,16,18H,7-15H2,1H3/t18-,21+/m0/s1. The molecule has 1 aliphatic carbocycles. The summed E-state index contributed by atoms with van der Waals surface area (Å²) in [6.07, 6.45) is 4.76. The zero-order valence-electron chi connectivity index (χ0n) is 15.5. The summed E-state index contributed by atoms with van der Waals surface area (Å²) in [4.78, 5) is 29.6. The van der Waals surface area contributed by atoms with Crippen LogP contribution < -0.4 is 0 Å². The molecule has 1 aromatic carbocycles. The Bertz CT molecular complexity index is 673. The highest BCUT2D eigenvalue weighted by atomic mass is 16.5. The van der Waals surface area contributed by atoms with Crippen molar-refractivity contribution in [1.82, 2.24) is 9.80 Å². The van der Waals surface area contributed by atoms with Gasteiger partial charge < -0.3 is 14.5 Å². The number of carbonyl (C=O) groups is 2. The highest BCUT2D eigenvalue weighted by Crippen LogP contribution is 2.46. The average Bonchev–Trinajstić information content (AvgIpc) is 3.42. The van der Waals surface area contributed by atoms with Crippen LogP contribution in [0.4, 0.5) is 0 Å². The summed E-state index contributed by atoms with van der Waals surface area (Å²) < 4.78 is 5.09. The van der Waals surface area contributed by atoms with Gasteiger partial charge in [-0.15, -0.1) is 0 Å². The van der Waals surface area contributed by atoms with Crippen LogP contribution in [0.25, 0.3) is 0 Å². The van der Waals surface area contributed by atoms with E-state index in [1.165, 1.54) is 18.4 Å². The normalized spacial score (nSPS) is 28.8. The Morgan fingerprint density at radius 2 is 1.92 bits per heavy atom. The van der Waals surface area contributed by atoms with E-state index in [-0.39, 0.29) is 29.9 Å². The molecule has 5 heteroatoms. The van der Waals surface area contributed by atoms with Crippen molar-refractivity contribution in [2.24, 2.45) is 5.92 Å². The zero-order chi connectivity index (χ0) is 18.1. The van der Waals surface area contributed by atoms with Crippen molar-refractivity contribution in [1.29, 1.82) is 0 Å². The summed E-state index contributed by atoms with van der Waals surface area (Å²) >= 11 is 0. The second-order valence-electron chi connectivity index (χ2n) is 8.05. The molecule has 1 aromatic rings. The lowest BCUT2D eigenvalue weighted by Gasteiger charge is -2.36. The first-order valence-corrected chi connectivity index (χ1v) is 9.76. The third kappa shape index (κ3) is 3.13. The van der Waals surface area contributed by atoms with Gasteiger partial charge in [-0.3, -0.25) is 9.59 Å². The lowest BCUT2D eigenvalue weighted by molar-refractivity contribution is -0.138. The minimum absolute atomic E-state index is 0.00116. The molecule has 0 N–H and O–H groups in total. The lowest BCUT2D eigenvalue weighted by Crippen LogP contribution is -2.46. The molecule has 2 heterocycles. The van der Waals surface area contributed by atoms with E-state index in [2.05, 4.69) is 29.2 Å². The summed E-state index contributed by atoms with van der Waals surface area (Å²) in [6, 6.07) is 10.4. The second-order valence-corrected chi connectivity index (χ2v) is 8.05. The molecule has 0 bridgehead atoms. The molecule has 2 atom stereocenters. The topological polar surface area (TPSA) is 49.9 Å². The van der Waals surface area contributed by atoms with Crippen LogP contribution in [0.5, 0.6) is 0 Å². The minimum atomic E-state index is -0.126. The molecule has 2 saturated heterocycles. The Hall–Kier alpha value is -1.88. The number of hydrogen-bond acceptors (Lipinski definition) is 3. The van der Waals surface area contributed by atoms with Crippen LogP contribution in [0.3, 0.4) is 0 Å². The summed E-state index contributed by atoms with van der Waals surface area (Å²) in [5.41, 5.74) is 1.14. The van der Waals surface area contributed by atoms with Gasteiger partial charge >= 0.3 is 0 Å². The van der Waals surface area contributed by atoms with Crippen molar-refractivity contribution < 1.29 is 14.3 Å². The summed E-state index contributed by atoms with van der Waals surface area (Å²) in [7, 11) is 1.55. The van der Waals surface area contributed by atoms with Crippen LogP contribution in [0.2, 0.25) is 0 Å². The first-order chi connectivity index (χ1) is 12.6. The fourth-order valence-corrected chi connectivity index (χ4v) is 4.85. The molecule has 0 spiro atoms. The molecule has 5 nitrogen and oxygen atoms in total. The zero-order valence-corrected chi connectivity index (χ0v) is 15.5. The third-order valence-corrected chi connectivity index (χ3v) is 6.47. The van der Waals surface area contributed by atoms with Gasteiger partial charge in [0.1, 0.15) is 6.61 Å². The largest absolute Gasteiger partial charge is 0.375 e. The molecule has 1 saturated carbocycles. The van der Waals surface area contributed by atoms with E-state index in [0.717, 1.165) is 25.9 Å². The van der Waals surface area contributed by atoms with Gasteiger partial charge in [0.25, 0.3) is 0 Å². The SMILES string of the molecule is COCC(=O)N1CC[C@@]2(c3ccccc3)CCN(CC3CC3)C(=O)C[C@H]12. The summed E-state index contributed by atoms with van der Waals surface area (Å²) in [6.45, 7) is 2.48. The van der Waals surface area contributed by atoms with Crippen LogP contribution >= 0.6 is 0 Å². The van der Waals surface area contributed by atoms with Gasteiger partial charge in [0.05, 0.1) is 6.04 Å².